The van der Waals surface area contributed by atoms with Gasteiger partial charge in [-0.15, -0.1) is 0 Å². The Bertz CT molecular complexity index is 360. The molecule has 1 atom stereocenters. The van der Waals surface area contributed by atoms with Gasteiger partial charge >= 0.3 is 0 Å². The average Bonchev–Trinajstić information content (AvgIpc) is 2.71. The van der Waals surface area contributed by atoms with Gasteiger partial charge in [0.05, 0.1) is 13.2 Å². The van der Waals surface area contributed by atoms with Gasteiger partial charge in [-0.25, -0.2) is 0 Å². The van der Waals surface area contributed by atoms with E-state index in [4.69, 9.17) is 20.6 Å². The van der Waals surface area contributed by atoms with Crippen LogP contribution in [0.4, 0.5) is 5.69 Å². The largest absolute Gasteiger partial charge is 0.488 e. The molecular formula is C11H14N2O2. The van der Waals surface area contributed by atoms with E-state index in [1.54, 1.807) is 12.1 Å². The summed E-state index contributed by atoms with van der Waals surface area (Å²) in [5.41, 5.74) is 7.03. The molecule has 1 aliphatic heterocycles. The van der Waals surface area contributed by atoms with E-state index in [0.29, 0.717) is 17.9 Å². The molecule has 0 aliphatic carbocycles. The third-order valence-corrected chi connectivity index (χ3v) is 2.40. The van der Waals surface area contributed by atoms with Crippen LogP contribution in [0, 0.1) is 5.41 Å². The van der Waals surface area contributed by atoms with Crippen molar-refractivity contribution < 1.29 is 9.47 Å². The first-order valence-corrected chi connectivity index (χ1v) is 4.94. The van der Waals surface area contributed by atoms with Crippen molar-refractivity contribution in [2.45, 2.75) is 12.5 Å². The van der Waals surface area contributed by atoms with Crippen LogP contribution in [0.1, 0.15) is 12.0 Å². The number of nitrogens with two attached hydrogens (primary N) is 1. The maximum atomic E-state index is 7.11. The second-order valence-electron chi connectivity index (χ2n) is 3.54. The highest BCUT2D eigenvalue weighted by molar-refractivity contribution is 5.85. The number of ether oxygens (including phenoxy) is 2. The molecule has 0 spiro atoms. The number of nitrogen functional groups attached to an aromatic ring is 1. The van der Waals surface area contributed by atoms with E-state index in [-0.39, 0.29) is 6.10 Å². The third-order valence-electron chi connectivity index (χ3n) is 2.40. The first-order valence-electron chi connectivity index (χ1n) is 4.94. The predicted octanol–water partition coefficient (Wildman–Crippen LogP) is 1.43. The maximum Gasteiger partial charge on any atom is 0.124 e. The molecule has 0 bridgehead atoms. The summed E-state index contributed by atoms with van der Waals surface area (Å²) < 4.78 is 10.9. The Labute approximate surface area is 88.5 Å². The van der Waals surface area contributed by atoms with E-state index in [1.807, 2.05) is 6.07 Å². The molecule has 3 N–H and O–H groups in total. The molecule has 1 aromatic carbocycles. The molecule has 80 valence electrons. The molecule has 0 saturated carbocycles. The van der Waals surface area contributed by atoms with Crippen LogP contribution < -0.4 is 10.5 Å². The Morgan fingerprint density at radius 2 is 2.40 bits per heavy atom. The van der Waals surface area contributed by atoms with Gasteiger partial charge in [0.2, 0.25) is 0 Å². The lowest BCUT2D eigenvalue weighted by Gasteiger charge is -2.12. The Hall–Kier alpha value is -1.55. The Kier molecular flexibility index (Phi) is 2.87. The second-order valence-corrected chi connectivity index (χ2v) is 3.54. The monoisotopic (exact) mass is 206 g/mol. The molecular weight excluding hydrogens is 192 g/mol. The SMILES string of the molecule is N=Cc1ccc(OC2CCOC2)cc1N. The van der Waals surface area contributed by atoms with Gasteiger partial charge in [0, 0.05) is 30.0 Å². The molecule has 0 aromatic heterocycles. The van der Waals surface area contributed by atoms with Crippen molar-refractivity contribution in [2.24, 2.45) is 0 Å². The number of anilines is 1. The fourth-order valence-electron chi connectivity index (χ4n) is 1.56. The Morgan fingerprint density at radius 1 is 1.53 bits per heavy atom. The Balaban J connectivity index is 2.08. The molecule has 2 rings (SSSR count). The summed E-state index contributed by atoms with van der Waals surface area (Å²) in [4.78, 5) is 0. The predicted molar refractivity (Wildman–Crippen MR) is 58.6 cm³/mol. The van der Waals surface area contributed by atoms with E-state index in [1.165, 1.54) is 6.21 Å². The van der Waals surface area contributed by atoms with Crippen LogP contribution in [0.25, 0.3) is 0 Å². The van der Waals surface area contributed by atoms with Crippen molar-refractivity contribution in [2.75, 3.05) is 18.9 Å². The maximum absolute atomic E-state index is 7.11. The summed E-state index contributed by atoms with van der Waals surface area (Å²) in [6.45, 7) is 1.41. The fraction of sp³-hybridized carbons (Fsp3) is 0.364. The van der Waals surface area contributed by atoms with E-state index < -0.39 is 0 Å². The molecule has 1 aliphatic rings. The highest BCUT2D eigenvalue weighted by Crippen LogP contribution is 2.21. The van der Waals surface area contributed by atoms with Crippen LogP contribution in [-0.4, -0.2) is 25.5 Å². The van der Waals surface area contributed by atoms with Gasteiger partial charge in [-0.1, -0.05) is 0 Å². The van der Waals surface area contributed by atoms with Gasteiger partial charge in [-0.2, -0.15) is 0 Å². The summed E-state index contributed by atoms with van der Waals surface area (Å²) in [5, 5.41) is 7.11. The Morgan fingerprint density at radius 3 is 3.00 bits per heavy atom. The fourth-order valence-corrected chi connectivity index (χ4v) is 1.56. The van der Waals surface area contributed by atoms with Gasteiger partial charge in [-0.3, -0.25) is 0 Å². The molecule has 1 saturated heterocycles. The second kappa shape index (κ2) is 4.31. The topological polar surface area (TPSA) is 68.3 Å². The molecule has 0 radical (unpaired) electrons. The smallest absolute Gasteiger partial charge is 0.124 e. The van der Waals surface area contributed by atoms with Crippen molar-refractivity contribution in [3.05, 3.63) is 23.8 Å². The van der Waals surface area contributed by atoms with Crippen LogP contribution in [-0.2, 0) is 4.74 Å². The molecule has 1 heterocycles. The van der Waals surface area contributed by atoms with Crippen molar-refractivity contribution in [1.82, 2.24) is 0 Å². The molecule has 1 fully saturated rings. The number of hydrogen-bond acceptors (Lipinski definition) is 4. The van der Waals surface area contributed by atoms with E-state index in [9.17, 15) is 0 Å². The zero-order valence-corrected chi connectivity index (χ0v) is 8.40. The number of hydrogen-bond donors (Lipinski definition) is 2. The van der Waals surface area contributed by atoms with E-state index in [0.717, 1.165) is 18.8 Å². The minimum Gasteiger partial charge on any atom is -0.488 e. The van der Waals surface area contributed by atoms with E-state index in [2.05, 4.69) is 0 Å². The molecule has 1 aromatic rings. The minimum atomic E-state index is 0.134. The van der Waals surface area contributed by atoms with Gasteiger partial charge in [0.15, 0.2) is 0 Å². The normalized spacial score (nSPS) is 20.1. The van der Waals surface area contributed by atoms with Crippen molar-refractivity contribution in [1.29, 1.82) is 5.41 Å². The lowest BCUT2D eigenvalue weighted by molar-refractivity contribution is 0.141. The standard InChI is InChI=1S/C11H14N2O2/c12-6-8-1-2-9(5-11(8)13)15-10-3-4-14-7-10/h1-2,5-6,10,12H,3-4,7,13H2. The van der Waals surface area contributed by atoms with Crippen molar-refractivity contribution in [3.63, 3.8) is 0 Å². The molecule has 15 heavy (non-hydrogen) atoms. The first kappa shape index (κ1) is 9.98. The quantitative estimate of drug-likeness (QED) is 0.580. The minimum absolute atomic E-state index is 0.134. The number of benzene rings is 1. The third kappa shape index (κ3) is 2.27. The lowest BCUT2D eigenvalue weighted by Crippen LogP contribution is -2.15. The summed E-state index contributed by atoms with van der Waals surface area (Å²) in [5.74, 6) is 0.744. The zero-order valence-electron chi connectivity index (χ0n) is 8.40. The zero-order chi connectivity index (χ0) is 10.7. The summed E-state index contributed by atoms with van der Waals surface area (Å²) >= 11 is 0. The summed E-state index contributed by atoms with van der Waals surface area (Å²) in [6.07, 6.45) is 2.29. The first-order chi connectivity index (χ1) is 7.29. The molecule has 0 amide bonds. The molecule has 4 heteroatoms. The van der Waals surface area contributed by atoms with Gasteiger partial charge in [-0.05, 0) is 12.1 Å². The van der Waals surface area contributed by atoms with Gasteiger partial charge in [0.1, 0.15) is 11.9 Å². The average molecular weight is 206 g/mol. The van der Waals surface area contributed by atoms with Crippen LogP contribution >= 0.6 is 0 Å². The molecule has 1 unspecified atom stereocenters. The number of rotatable bonds is 3. The summed E-state index contributed by atoms with van der Waals surface area (Å²) in [7, 11) is 0. The van der Waals surface area contributed by atoms with Crippen LogP contribution in [0.2, 0.25) is 0 Å². The van der Waals surface area contributed by atoms with Gasteiger partial charge < -0.3 is 20.6 Å². The van der Waals surface area contributed by atoms with E-state index >= 15 is 0 Å². The van der Waals surface area contributed by atoms with Crippen LogP contribution in [0.5, 0.6) is 5.75 Å². The van der Waals surface area contributed by atoms with Crippen molar-refractivity contribution in [3.8, 4) is 5.75 Å². The number of nitrogens with one attached hydrogen (secondary N) is 1. The molecule has 4 nitrogen and oxygen atoms in total. The summed E-state index contributed by atoms with van der Waals surface area (Å²) in [6, 6.07) is 5.36. The highest BCUT2D eigenvalue weighted by atomic mass is 16.5. The highest BCUT2D eigenvalue weighted by Gasteiger charge is 2.17. The lowest BCUT2D eigenvalue weighted by atomic mass is 10.2. The van der Waals surface area contributed by atoms with Gasteiger partial charge in [0.25, 0.3) is 0 Å². The van der Waals surface area contributed by atoms with Crippen molar-refractivity contribution >= 4 is 11.9 Å². The van der Waals surface area contributed by atoms with Crippen LogP contribution in [0.15, 0.2) is 18.2 Å². The van der Waals surface area contributed by atoms with Crippen LogP contribution in [0.3, 0.4) is 0 Å².